The van der Waals surface area contributed by atoms with Crippen LogP contribution in [0.1, 0.15) is 10.4 Å². The predicted octanol–water partition coefficient (Wildman–Crippen LogP) is 5.78. The van der Waals surface area contributed by atoms with Crippen molar-refractivity contribution in [2.45, 2.75) is 9.10 Å². The minimum atomic E-state index is -1.56. The van der Waals surface area contributed by atoms with E-state index in [1.807, 2.05) is 24.3 Å². The summed E-state index contributed by atoms with van der Waals surface area (Å²) in [6, 6.07) is 15.8. The first kappa shape index (κ1) is 23.7. The van der Waals surface area contributed by atoms with Crippen molar-refractivity contribution in [3.8, 4) is 0 Å². The molecule has 0 saturated carbocycles. The van der Waals surface area contributed by atoms with Gasteiger partial charge in [-0.05, 0) is 60.5 Å². The minimum absolute atomic E-state index is 0.292. The van der Waals surface area contributed by atoms with E-state index in [0.29, 0.717) is 30.5 Å². The Hall–Kier alpha value is -1.43. The molecule has 1 fully saturated rings. The number of hydrogen-bond acceptors (Lipinski definition) is 7. The molecule has 2 aromatic carbocycles. The van der Waals surface area contributed by atoms with Gasteiger partial charge in [0, 0.05) is 34.8 Å². The second-order valence-electron chi connectivity index (χ2n) is 6.73. The summed E-state index contributed by atoms with van der Waals surface area (Å²) >= 11 is 13.4. The quantitative estimate of drug-likeness (QED) is 0.299. The number of nitrogens with zero attached hydrogens (tertiary/aromatic N) is 1. The third-order valence-electron chi connectivity index (χ3n) is 4.48. The molecule has 0 bridgehead atoms. The van der Waals surface area contributed by atoms with Crippen LogP contribution in [0.4, 0.5) is 11.4 Å². The summed E-state index contributed by atoms with van der Waals surface area (Å²) in [5, 5.41) is 3.28. The lowest BCUT2D eigenvalue weighted by Crippen LogP contribution is -2.30. The summed E-state index contributed by atoms with van der Waals surface area (Å²) in [6.07, 6.45) is 0. The SMILES string of the molecule is O=C(Nc1ccc(SN2CCOCC2)cc1)c1cc(Cl)ccc1N[S+]([O-])c1ccc(Cl)s1. The zero-order chi connectivity index (χ0) is 22.5. The molecule has 0 aliphatic carbocycles. The second-order valence-corrected chi connectivity index (χ2v) is 11.5. The van der Waals surface area contributed by atoms with Gasteiger partial charge in [0.2, 0.25) is 4.21 Å². The smallest absolute Gasteiger partial charge is 0.257 e. The summed E-state index contributed by atoms with van der Waals surface area (Å²) < 4.78 is 24.2. The topological polar surface area (TPSA) is 76.7 Å². The van der Waals surface area contributed by atoms with Crippen molar-refractivity contribution in [1.29, 1.82) is 0 Å². The van der Waals surface area contributed by atoms with E-state index in [4.69, 9.17) is 27.9 Å². The molecule has 2 N–H and O–H groups in total. The van der Waals surface area contributed by atoms with Crippen molar-refractivity contribution in [3.63, 3.8) is 0 Å². The summed E-state index contributed by atoms with van der Waals surface area (Å²) in [7, 11) is 0. The lowest BCUT2D eigenvalue weighted by atomic mass is 10.1. The molecule has 1 amide bonds. The van der Waals surface area contributed by atoms with Crippen molar-refractivity contribution >= 4 is 75.1 Å². The third kappa shape index (κ3) is 6.33. The van der Waals surface area contributed by atoms with E-state index in [9.17, 15) is 9.35 Å². The molecule has 1 atom stereocenters. The molecule has 2 heterocycles. The van der Waals surface area contributed by atoms with Crippen LogP contribution in [0.15, 0.2) is 63.7 Å². The van der Waals surface area contributed by atoms with Crippen LogP contribution in [0.25, 0.3) is 0 Å². The fraction of sp³-hybridized carbons (Fsp3) is 0.190. The molecule has 1 unspecified atom stereocenters. The highest BCUT2D eigenvalue weighted by atomic mass is 35.5. The average molecular weight is 529 g/mol. The van der Waals surface area contributed by atoms with Crippen molar-refractivity contribution in [3.05, 3.63) is 69.5 Å². The zero-order valence-corrected chi connectivity index (χ0v) is 20.6. The molecule has 1 aromatic heterocycles. The second kappa shape index (κ2) is 11.1. The van der Waals surface area contributed by atoms with Gasteiger partial charge in [0.1, 0.15) is 11.4 Å². The van der Waals surface area contributed by atoms with Gasteiger partial charge in [-0.2, -0.15) is 0 Å². The molecule has 3 aromatic rings. The van der Waals surface area contributed by atoms with E-state index in [-0.39, 0.29) is 5.91 Å². The van der Waals surface area contributed by atoms with Crippen molar-refractivity contribution in [2.24, 2.45) is 0 Å². The lowest BCUT2D eigenvalue weighted by Gasteiger charge is -2.25. The van der Waals surface area contributed by atoms with Gasteiger partial charge < -0.3 is 14.6 Å². The summed E-state index contributed by atoms with van der Waals surface area (Å²) in [4.78, 5) is 14.0. The van der Waals surface area contributed by atoms with Crippen LogP contribution < -0.4 is 10.0 Å². The first-order chi connectivity index (χ1) is 15.5. The van der Waals surface area contributed by atoms with Gasteiger partial charge in [-0.1, -0.05) is 34.5 Å². The number of benzene rings is 2. The van der Waals surface area contributed by atoms with E-state index in [1.54, 1.807) is 42.3 Å². The van der Waals surface area contributed by atoms with Crippen LogP contribution in [-0.2, 0) is 16.1 Å². The molecule has 1 saturated heterocycles. The number of halogens is 2. The monoisotopic (exact) mass is 527 g/mol. The van der Waals surface area contributed by atoms with Crippen LogP contribution in [0.3, 0.4) is 0 Å². The van der Waals surface area contributed by atoms with Gasteiger partial charge in [-0.3, -0.25) is 4.79 Å². The molecule has 0 radical (unpaired) electrons. The molecule has 32 heavy (non-hydrogen) atoms. The molecular weight excluding hydrogens is 509 g/mol. The number of hydrogen-bond donors (Lipinski definition) is 2. The normalized spacial score (nSPS) is 15.3. The Balaban J connectivity index is 1.44. The van der Waals surface area contributed by atoms with Gasteiger partial charge in [0.05, 0.1) is 28.8 Å². The zero-order valence-electron chi connectivity index (χ0n) is 16.7. The van der Waals surface area contributed by atoms with Crippen molar-refractivity contribution in [2.75, 3.05) is 36.3 Å². The molecule has 1 aliphatic rings. The summed E-state index contributed by atoms with van der Waals surface area (Å²) in [5.41, 5.74) is 1.35. The Labute approximate surface area is 207 Å². The lowest BCUT2D eigenvalue weighted by molar-refractivity contribution is 0.0773. The number of rotatable bonds is 7. The third-order valence-corrected chi connectivity index (χ3v) is 8.46. The number of amides is 1. The van der Waals surface area contributed by atoms with Crippen LogP contribution >= 0.6 is 46.5 Å². The Kier molecular flexibility index (Phi) is 8.25. The van der Waals surface area contributed by atoms with E-state index in [1.165, 1.54) is 11.3 Å². The van der Waals surface area contributed by atoms with Crippen LogP contribution in [-0.4, -0.2) is 41.1 Å². The van der Waals surface area contributed by atoms with Gasteiger partial charge in [0.25, 0.3) is 5.91 Å². The van der Waals surface area contributed by atoms with E-state index in [0.717, 1.165) is 31.2 Å². The van der Waals surface area contributed by atoms with Crippen LogP contribution in [0.2, 0.25) is 9.36 Å². The highest BCUT2D eigenvalue weighted by Gasteiger charge is 2.20. The molecule has 0 spiro atoms. The average Bonchev–Trinajstić information content (AvgIpc) is 3.23. The highest BCUT2D eigenvalue weighted by molar-refractivity contribution is 7.97. The van der Waals surface area contributed by atoms with Gasteiger partial charge in [-0.15, -0.1) is 0 Å². The van der Waals surface area contributed by atoms with Crippen LogP contribution in [0.5, 0.6) is 0 Å². The van der Waals surface area contributed by atoms with Crippen molar-refractivity contribution < 1.29 is 14.1 Å². The molecule has 11 heteroatoms. The number of carbonyl (C=O) groups is 1. The van der Waals surface area contributed by atoms with Gasteiger partial charge in [0.15, 0.2) is 0 Å². The number of ether oxygens (including phenoxy) is 1. The Morgan fingerprint density at radius 3 is 2.53 bits per heavy atom. The largest absolute Gasteiger partial charge is 0.587 e. The molecule has 1 aliphatic heterocycles. The molecule has 168 valence electrons. The standard InChI is InChI=1S/C21H19Cl2N3O3S3/c22-14-1-6-18(25-32(28)20-8-7-19(23)30-20)17(13-14)21(27)24-15-2-4-16(5-3-15)31-26-9-11-29-12-10-26/h1-8,13,25H,9-12H2,(H,24,27). The van der Waals surface area contributed by atoms with Gasteiger partial charge in [-0.25, -0.2) is 9.03 Å². The summed E-state index contributed by atoms with van der Waals surface area (Å²) in [6.45, 7) is 3.24. The van der Waals surface area contributed by atoms with Gasteiger partial charge >= 0.3 is 0 Å². The fourth-order valence-electron chi connectivity index (χ4n) is 2.93. The first-order valence-corrected chi connectivity index (χ1v) is 13.1. The number of nitrogens with one attached hydrogen (secondary N) is 2. The molecule has 4 rings (SSSR count). The maximum absolute atomic E-state index is 13.0. The van der Waals surface area contributed by atoms with E-state index < -0.39 is 11.4 Å². The number of morpholine rings is 1. The summed E-state index contributed by atoms with van der Waals surface area (Å²) in [5.74, 6) is -0.357. The number of anilines is 2. The Bertz CT molecular complexity index is 1080. The fourth-order valence-corrected chi connectivity index (χ4v) is 6.27. The molecule has 6 nitrogen and oxygen atoms in total. The maximum atomic E-state index is 13.0. The Morgan fingerprint density at radius 1 is 1.09 bits per heavy atom. The highest BCUT2D eigenvalue weighted by Crippen LogP contribution is 2.30. The van der Waals surface area contributed by atoms with Crippen LogP contribution in [0, 0.1) is 0 Å². The number of thiophene rings is 1. The van der Waals surface area contributed by atoms with E-state index in [2.05, 4.69) is 14.3 Å². The maximum Gasteiger partial charge on any atom is 0.257 e. The molecular formula is C21H19Cl2N3O3S3. The predicted molar refractivity (Wildman–Crippen MR) is 133 cm³/mol. The number of carbonyl (C=O) groups excluding carboxylic acids is 1. The minimum Gasteiger partial charge on any atom is -0.587 e. The van der Waals surface area contributed by atoms with E-state index >= 15 is 0 Å². The first-order valence-electron chi connectivity index (χ1n) is 9.63. The Morgan fingerprint density at radius 2 is 1.84 bits per heavy atom. The van der Waals surface area contributed by atoms with Crippen molar-refractivity contribution in [1.82, 2.24) is 4.31 Å².